The molecule has 0 saturated carbocycles. The van der Waals surface area contributed by atoms with Crippen molar-refractivity contribution in [1.82, 2.24) is 10.2 Å². The van der Waals surface area contributed by atoms with Crippen LogP contribution in [0.5, 0.6) is 0 Å². The Kier molecular flexibility index (Phi) is 3.37. The minimum atomic E-state index is -0.438. The fraction of sp³-hybridized carbons (Fsp3) is 0.800. The lowest BCUT2D eigenvalue weighted by Crippen LogP contribution is -2.52. The highest BCUT2D eigenvalue weighted by molar-refractivity contribution is 5.68. The summed E-state index contributed by atoms with van der Waals surface area (Å²) in [5, 5.41) is 3.06. The average molecular weight is 198 g/mol. The molecule has 1 aliphatic rings. The summed E-state index contributed by atoms with van der Waals surface area (Å²) < 4.78 is 5.23. The Bertz CT molecular complexity index is 211. The Labute approximate surface area is 85.6 Å². The van der Waals surface area contributed by atoms with E-state index in [2.05, 4.69) is 5.32 Å². The molecule has 0 aromatic heterocycles. The Balaban J connectivity index is 2.44. The molecule has 1 N–H and O–H groups in total. The van der Waals surface area contributed by atoms with E-state index >= 15 is 0 Å². The molecule has 4 heteroatoms. The van der Waals surface area contributed by atoms with E-state index in [1.165, 1.54) is 0 Å². The molecule has 1 heterocycles. The topological polar surface area (TPSA) is 41.6 Å². The maximum absolute atomic E-state index is 11.6. The number of rotatable bonds is 0. The van der Waals surface area contributed by atoms with Crippen molar-refractivity contribution in [3.63, 3.8) is 0 Å². The highest BCUT2D eigenvalue weighted by atomic mass is 16.6. The number of hydrogen-bond donors (Lipinski definition) is 1. The van der Waals surface area contributed by atoms with Crippen molar-refractivity contribution in [2.45, 2.75) is 32.4 Å². The van der Waals surface area contributed by atoms with Crippen LogP contribution in [0.1, 0.15) is 20.8 Å². The molecule has 0 spiro atoms. The van der Waals surface area contributed by atoms with Crippen molar-refractivity contribution in [2.24, 2.45) is 0 Å². The molecule has 1 aliphatic heterocycles. The first-order chi connectivity index (χ1) is 6.38. The summed E-state index contributed by atoms with van der Waals surface area (Å²) in [6.45, 7) is 13.1. The normalized spacial score (nSPS) is 23.4. The average Bonchev–Trinajstić information content (AvgIpc) is 2.01. The number of nitrogens with zero attached hydrogens (tertiary/aromatic N) is 1. The van der Waals surface area contributed by atoms with E-state index in [0.29, 0.717) is 13.1 Å². The highest BCUT2D eigenvalue weighted by Crippen LogP contribution is 2.11. The largest absolute Gasteiger partial charge is 0.444 e. The van der Waals surface area contributed by atoms with Crippen molar-refractivity contribution in [2.75, 3.05) is 19.6 Å². The van der Waals surface area contributed by atoms with Gasteiger partial charge < -0.3 is 15.0 Å². The lowest BCUT2D eigenvalue weighted by atomic mass is 10.2. The third-order valence-corrected chi connectivity index (χ3v) is 1.86. The van der Waals surface area contributed by atoms with Crippen molar-refractivity contribution in [3.8, 4) is 0 Å². The molecule has 80 valence electrons. The van der Waals surface area contributed by atoms with E-state index in [4.69, 9.17) is 11.7 Å². The molecule has 4 nitrogen and oxygen atoms in total. The minimum Gasteiger partial charge on any atom is -0.444 e. The lowest BCUT2D eigenvalue weighted by Gasteiger charge is -2.33. The van der Waals surface area contributed by atoms with Gasteiger partial charge in [-0.1, -0.05) is 0 Å². The molecule has 1 unspecified atom stereocenters. The van der Waals surface area contributed by atoms with Crippen LogP contribution in [0, 0.1) is 6.92 Å². The maximum atomic E-state index is 11.6. The Morgan fingerprint density at radius 3 is 2.71 bits per heavy atom. The second kappa shape index (κ2) is 4.17. The summed E-state index contributed by atoms with van der Waals surface area (Å²) in [6.07, 6.45) is -0.283. The molecular weight excluding hydrogens is 180 g/mol. The number of nitrogens with one attached hydrogen (secondary N) is 1. The van der Waals surface area contributed by atoms with Crippen LogP contribution < -0.4 is 5.32 Å². The van der Waals surface area contributed by atoms with Crippen LogP contribution in [0.3, 0.4) is 0 Å². The molecule has 0 aromatic carbocycles. The van der Waals surface area contributed by atoms with E-state index in [-0.39, 0.29) is 12.1 Å². The molecular formula is C10H18N2O2. The smallest absolute Gasteiger partial charge is 0.410 e. The molecule has 1 atom stereocenters. The third kappa shape index (κ3) is 3.54. The second-order valence-corrected chi connectivity index (χ2v) is 4.49. The zero-order chi connectivity index (χ0) is 10.8. The number of hydrogen-bond acceptors (Lipinski definition) is 3. The predicted molar refractivity (Wildman–Crippen MR) is 53.9 cm³/mol. The van der Waals surface area contributed by atoms with Crippen LogP contribution in [0.15, 0.2) is 0 Å². The van der Waals surface area contributed by atoms with Crippen LogP contribution in [0.4, 0.5) is 4.79 Å². The number of carbonyl (C=O) groups excluding carboxylic acids is 1. The predicted octanol–water partition coefficient (Wildman–Crippen LogP) is 0.906. The number of carbonyl (C=O) groups is 1. The van der Waals surface area contributed by atoms with E-state index in [1.807, 2.05) is 20.8 Å². The van der Waals surface area contributed by atoms with Gasteiger partial charge in [-0.05, 0) is 27.7 Å². The Morgan fingerprint density at radius 2 is 2.21 bits per heavy atom. The van der Waals surface area contributed by atoms with Crippen molar-refractivity contribution < 1.29 is 9.53 Å². The first kappa shape index (κ1) is 11.3. The fourth-order valence-corrected chi connectivity index (χ4v) is 1.27. The van der Waals surface area contributed by atoms with Crippen LogP contribution >= 0.6 is 0 Å². The molecule has 1 rings (SSSR count). The monoisotopic (exact) mass is 198 g/mol. The SMILES string of the molecule is [CH]C1CN(C(=O)OC(C)(C)C)CCN1. The summed E-state index contributed by atoms with van der Waals surface area (Å²) in [5.41, 5.74) is -0.438. The summed E-state index contributed by atoms with van der Waals surface area (Å²) in [7, 11) is 0. The Hall–Kier alpha value is -0.770. The van der Waals surface area contributed by atoms with Crippen molar-refractivity contribution >= 4 is 6.09 Å². The van der Waals surface area contributed by atoms with Gasteiger partial charge in [0.05, 0.1) is 0 Å². The summed E-state index contributed by atoms with van der Waals surface area (Å²) in [6, 6.07) is -0.142. The van der Waals surface area contributed by atoms with Gasteiger partial charge in [0.2, 0.25) is 0 Å². The highest BCUT2D eigenvalue weighted by Gasteiger charge is 2.25. The number of ether oxygens (including phenoxy) is 1. The van der Waals surface area contributed by atoms with Gasteiger partial charge >= 0.3 is 6.09 Å². The van der Waals surface area contributed by atoms with Crippen LogP contribution in [0.2, 0.25) is 0 Å². The molecule has 2 radical (unpaired) electrons. The molecule has 14 heavy (non-hydrogen) atoms. The van der Waals surface area contributed by atoms with Crippen molar-refractivity contribution in [3.05, 3.63) is 6.92 Å². The molecule has 0 aliphatic carbocycles. The molecule has 0 bridgehead atoms. The van der Waals surface area contributed by atoms with Gasteiger partial charge in [-0.25, -0.2) is 4.79 Å². The number of amides is 1. The first-order valence-corrected chi connectivity index (χ1v) is 4.85. The molecule has 1 saturated heterocycles. The van der Waals surface area contributed by atoms with E-state index < -0.39 is 5.60 Å². The molecule has 1 amide bonds. The third-order valence-electron chi connectivity index (χ3n) is 1.86. The molecule has 1 fully saturated rings. The zero-order valence-corrected chi connectivity index (χ0v) is 9.04. The zero-order valence-electron chi connectivity index (χ0n) is 9.04. The second-order valence-electron chi connectivity index (χ2n) is 4.49. The van der Waals surface area contributed by atoms with Gasteiger partial charge in [0.25, 0.3) is 0 Å². The van der Waals surface area contributed by atoms with Gasteiger partial charge in [-0.3, -0.25) is 0 Å². The van der Waals surface area contributed by atoms with Crippen LogP contribution in [0.25, 0.3) is 0 Å². The summed E-state index contributed by atoms with van der Waals surface area (Å²) in [5.74, 6) is 0. The van der Waals surface area contributed by atoms with E-state index in [1.54, 1.807) is 4.90 Å². The van der Waals surface area contributed by atoms with Gasteiger partial charge in [-0.15, -0.1) is 0 Å². The van der Waals surface area contributed by atoms with E-state index in [0.717, 1.165) is 6.54 Å². The summed E-state index contributed by atoms with van der Waals surface area (Å²) >= 11 is 0. The molecule has 0 aromatic rings. The standard InChI is InChI=1S/C10H18N2O2/c1-8-7-12(6-5-11-8)9(13)14-10(2,3)4/h1,8,11H,5-7H2,2-4H3. The summed E-state index contributed by atoms with van der Waals surface area (Å²) in [4.78, 5) is 13.2. The quantitative estimate of drug-likeness (QED) is 0.629. The van der Waals surface area contributed by atoms with Crippen LogP contribution in [-0.2, 0) is 4.74 Å². The lowest BCUT2D eigenvalue weighted by molar-refractivity contribution is 0.0209. The van der Waals surface area contributed by atoms with Gasteiger partial charge in [0, 0.05) is 25.7 Å². The van der Waals surface area contributed by atoms with Gasteiger partial charge in [0.1, 0.15) is 5.60 Å². The fourth-order valence-electron chi connectivity index (χ4n) is 1.27. The minimum absolute atomic E-state index is 0.142. The maximum Gasteiger partial charge on any atom is 0.410 e. The number of piperazine rings is 1. The van der Waals surface area contributed by atoms with Gasteiger partial charge in [0.15, 0.2) is 0 Å². The van der Waals surface area contributed by atoms with Gasteiger partial charge in [-0.2, -0.15) is 0 Å². The first-order valence-electron chi connectivity index (χ1n) is 4.85. The Morgan fingerprint density at radius 1 is 1.57 bits per heavy atom. The van der Waals surface area contributed by atoms with Crippen LogP contribution in [-0.4, -0.2) is 42.3 Å². The van der Waals surface area contributed by atoms with Crippen molar-refractivity contribution in [1.29, 1.82) is 0 Å². The van der Waals surface area contributed by atoms with E-state index in [9.17, 15) is 4.79 Å².